The number of anilines is 2. The molecule has 0 aliphatic carbocycles. The highest BCUT2D eigenvalue weighted by atomic mass is 35.5. The van der Waals surface area contributed by atoms with Crippen LogP contribution in [0.15, 0.2) is 66.7 Å². The minimum Gasteiger partial charge on any atom is -0.322 e. The van der Waals surface area contributed by atoms with Crippen LogP contribution in [-0.2, 0) is 4.79 Å². The fourth-order valence-electron chi connectivity index (χ4n) is 3.26. The number of carbonyl (C=O) groups excluding carboxylic acids is 2. The second-order valence-electron chi connectivity index (χ2n) is 6.96. The van der Waals surface area contributed by atoms with Crippen LogP contribution in [0, 0.1) is 6.92 Å². The molecule has 1 atom stereocenters. The predicted molar refractivity (Wildman–Crippen MR) is 125 cm³/mol. The van der Waals surface area contributed by atoms with Crippen molar-refractivity contribution in [1.82, 2.24) is 0 Å². The summed E-state index contributed by atoms with van der Waals surface area (Å²) in [6, 6.07) is 20.2. The summed E-state index contributed by atoms with van der Waals surface area (Å²) < 4.78 is 0. The maximum Gasteiger partial charge on any atom is 0.257 e. The van der Waals surface area contributed by atoms with E-state index >= 15 is 0 Å². The molecule has 152 valence electrons. The van der Waals surface area contributed by atoms with E-state index in [4.69, 9.17) is 23.2 Å². The first-order chi connectivity index (χ1) is 14.4. The third kappa shape index (κ3) is 4.33. The minimum atomic E-state index is -0.309. The number of nitrogens with one attached hydrogen (secondary N) is 1. The van der Waals surface area contributed by atoms with Gasteiger partial charge in [0.25, 0.3) is 5.91 Å². The van der Waals surface area contributed by atoms with Gasteiger partial charge in [-0.15, -0.1) is 11.8 Å². The molecule has 7 heteroatoms. The zero-order valence-electron chi connectivity index (χ0n) is 16.1. The normalized spacial score (nSPS) is 16.0. The van der Waals surface area contributed by atoms with Crippen LogP contribution < -0.4 is 10.2 Å². The lowest BCUT2D eigenvalue weighted by Gasteiger charge is -2.24. The van der Waals surface area contributed by atoms with Gasteiger partial charge in [-0.3, -0.25) is 14.5 Å². The van der Waals surface area contributed by atoms with Crippen LogP contribution in [0.4, 0.5) is 11.4 Å². The zero-order valence-corrected chi connectivity index (χ0v) is 18.4. The average molecular weight is 457 g/mol. The number of thioether (sulfide) groups is 1. The molecule has 0 aromatic heterocycles. The summed E-state index contributed by atoms with van der Waals surface area (Å²) in [6.45, 7) is 2.02. The molecule has 0 spiro atoms. The number of hydrogen-bond donors (Lipinski definition) is 1. The summed E-state index contributed by atoms with van der Waals surface area (Å²) in [5.74, 6) is 0.214. The molecule has 1 heterocycles. The molecule has 1 saturated heterocycles. The number of amides is 2. The fourth-order valence-corrected chi connectivity index (χ4v) is 4.93. The largest absolute Gasteiger partial charge is 0.322 e. The van der Waals surface area contributed by atoms with Crippen LogP contribution in [0.2, 0.25) is 10.0 Å². The van der Waals surface area contributed by atoms with E-state index in [1.165, 1.54) is 6.07 Å². The number of nitrogens with zero attached hydrogens (tertiary/aromatic N) is 1. The molecule has 4 nitrogen and oxygen atoms in total. The number of benzene rings is 3. The summed E-state index contributed by atoms with van der Waals surface area (Å²) >= 11 is 13.6. The Morgan fingerprint density at radius 2 is 1.73 bits per heavy atom. The second kappa shape index (κ2) is 8.72. The number of aryl methyl sites for hydroxylation is 1. The van der Waals surface area contributed by atoms with Crippen LogP contribution in [-0.4, -0.2) is 17.6 Å². The van der Waals surface area contributed by atoms with Crippen molar-refractivity contribution in [1.29, 1.82) is 0 Å². The second-order valence-corrected chi connectivity index (χ2v) is 8.88. The number of hydrogen-bond acceptors (Lipinski definition) is 3. The van der Waals surface area contributed by atoms with E-state index in [0.29, 0.717) is 27.0 Å². The van der Waals surface area contributed by atoms with Crippen LogP contribution in [0.1, 0.15) is 26.9 Å². The van der Waals surface area contributed by atoms with Gasteiger partial charge in [0.05, 0.1) is 16.3 Å². The molecule has 0 radical (unpaired) electrons. The van der Waals surface area contributed by atoms with E-state index < -0.39 is 0 Å². The maximum absolute atomic E-state index is 12.5. The Hall–Kier alpha value is -2.47. The summed E-state index contributed by atoms with van der Waals surface area (Å²) in [6.07, 6.45) is 0. The van der Waals surface area contributed by atoms with Crippen molar-refractivity contribution >= 4 is 58.2 Å². The Morgan fingerprint density at radius 3 is 2.40 bits per heavy atom. The molecule has 4 rings (SSSR count). The number of halogens is 2. The first-order valence-corrected chi connectivity index (χ1v) is 11.1. The molecule has 2 amide bonds. The third-order valence-corrected chi connectivity index (χ3v) is 6.57. The van der Waals surface area contributed by atoms with Crippen LogP contribution in [0.5, 0.6) is 0 Å². The fraction of sp³-hybridized carbons (Fsp3) is 0.130. The van der Waals surface area contributed by atoms with E-state index in [2.05, 4.69) is 5.32 Å². The van der Waals surface area contributed by atoms with Crippen LogP contribution in [0.3, 0.4) is 0 Å². The number of carbonyl (C=O) groups is 2. The minimum absolute atomic E-state index is 0.0867. The van der Waals surface area contributed by atoms with Crippen molar-refractivity contribution in [2.45, 2.75) is 12.3 Å². The van der Waals surface area contributed by atoms with Gasteiger partial charge in [-0.05, 0) is 55.0 Å². The Morgan fingerprint density at radius 1 is 1.03 bits per heavy atom. The molecule has 3 aromatic rings. The van der Waals surface area contributed by atoms with Crippen LogP contribution >= 0.6 is 35.0 Å². The van der Waals surface area contributed by atoms with Gasteiger partial charge in [0.1, 0.15) is 5.37 Å². The SMILES string of the molecule is Cc1ccc(N2C(=O)CS[C@@H]2c2ccc(NC(=O)c3ccc(Cl)cc3Cl)cc2)cc1. The molecule has 1 N–H and O–H groups in total. The molecule has 30 heavy (non-hydrogen) atoms. The van der Waals surface area contributed by atoms with E-state index in [1.807, 2.05) is 60.4 Å². The Balaban J connectivity index is 1.52. The Labute approximate surface area is 189 Å². The van der Waals surface area contributed by atoms with Crippen LogP contribution in [0.25, 0.3) is 0 Å². The highest BCUT2D eigenvalue weighted by Crippen LogP contribution is 2.42. The van der Waals surface area contributed by atoms with Crippen molar-refractivity contribution in [2.75, 3.05) is 16.0 Å². The molecule has 0 saturated carbocycles. The quantitative estimate of drug-likeness (QED) is 0.498. The van der Waals surface area contributed by atoms with Gasteiger partial charge in [-0.2, -0.15) is 0 Å². The van der Waals surface area contributed by atoms with Gasteiger partial charge in [0, 0.05) is 16.4 Å². The molecule has 3 aromatic carbocycles. The summed E-state index contributed by atoms with van der Waals surface area (Å²) in [5.41, 5.74) is 4.03. The van der Waals surface area contributed by atoms with Crippen molar-refractivity contribution in [2.24, 2.45) is 0 Å². The number of rotatable bonds is 4. The van der Waals surface area contributed by atoms with Crippen molar-refractivity contribution in [3.05, 3.63) is 93.5 Å². The smallest absolute Gasteiger partial charge is 0.257 e. The lowest BCUT2D eigenvalue weighted by atomic mass is 10.1. The van der Waals surface area contributed by atoms with E-state index in [0.717, 1.165) is 16.8 Å². The third-order valence-electron chi connectivity index (χ3n) is 4.81. The zero-order chi connectivity index (χ0) is 21.3. The molecule has 0 unspecified atom stereocenters. The van der Waals surface area contributed by atoms with E-state index in [9.17, 15) is 9.59 Å². The molecule has 0 bridgehead atoms. The molecular weight excluding hydrogens is 439 g/mol. The van der Waals surface area contributed by atoms with Crippen molar-refractivity contribution in [3.8, 4) is 0 Å². The molecule has 1 aliphatic heterocycles. The molecular formula is C23H18Cl2N2O2S. The lowest BCUT2D eigenvalue weighted by Crippen LogP contribution is -2.27. The summed E-state index contributed by atoms with van der Waals surface area (Å²) in [4.78, 5) is 26.8. The van der Waals surface area contributed by atoms with Crippen molar-refractivity contribution < 1.29 is 9.59 Å². The topological polar surface area (TPSA) is 49.4 Å². The highest BCUT2D eigenvalue weighted by Gasteiger charge is 2.33. The first-order valence-electron chi connectivity index (χ1n) is 9.29. The van der Waals surface area contributed by atoms with E-state index in [1.54, 1.807) is 23.9 Å². The van der Waals surface area contributed by atoms with Gasteiger partial charge >= 0.3 is 0 Å². The Bertz CT molecular complexity index is 1100. The Kier molecular flexibility index (Phi) is 6.04. The monoisotopic (exact) mass is 456 g/mol. The highest BCUT2D eigenvalue weighted by molar-refractivity contribution is 8.00. The van der Waals surface area contributed by atoms with E-state index in [-0.39, 0.29) is 17.2 Å². The summed E-state index contributed by atoms with van der Waals surface area (Å²) in [5, 5.41) is 3.51. The van der Waals surface area contributed by atoms with Gasteiger partial charge in [0.2, 0.25) is 5.91 Å². The van der Waals surface area contributed by atoms with Gasteiger partial charge < -0.3 is 5.32 Å². The van der Waals surface area contributed by atoms with Gasteiger partial charge in [-0.25, -0.2) is 0 Å². The predicted octanol–water partition coefficient (Wildman–Crippen LogP) is 6.33. The van der Waals surface area contributed by atoms with Crippen molar-refractivity contribution in [3.63, 3.8) is 0 Å². The van der Waals surface area contributed by atoms with Gasteiger partial charge in [0.15, 0.2) is 0 Å². The average Bonchev–Trinajstić information content (AvgIpc) is 3.10. The lowest BCUT2D eigenvalue weighted by molar-refractivity contribution is -0.115. The summed E-state index contributed by atoms with van der Waals surface area (Å²) in [7, 11) is 0. The standard InChI is InChI=1S/C23H18Cl2N2O2S/c1-14-2-9-18(10-3-14)27-21(28)13-30-23(27)15-4-7-17(8-5-15)26-22(29)19-11-6-16(24)12-20(19)25/h2-12,23H,13H2,1H3,(H,26,29)/t23-/m1/s1. The first kappa shape index (κ1) is 20.8. The van der Waals surface area contributed by atoms with Gasteiger partial charge in [-0.1, -0.05) is 53.0 Å². The molecule has 1 fully saturated rings. The molecule has 1 aliphatic rings. The maximum atomic E-state index is 12.5.